The van der Waals surface area contributed by atoms with Gasteiger partial charge in [-0.25, -0.2) is 0 Å². The predicted molar refractivity (Wildman–Crippen MR) is 68.7 cm³/mol. The molecule has 6 nitrogen and oxygen atoms in total. The number of hydrogen-bond acceptors (Lipinski definition) is 6. The van der Waals surface area contributed by atoms with E-state index >= 15 is 0 Å². The minimum absolute atomic E-state index is 0.308. The number of aliphatic hydroxyl groups is 1. The van der Waals surface area contributed by atoms with Gasteiger partial charge in [0.15, 0.2) is 18.9 Å². The molecule has 20 heavy (non-hydrogen) atoms. The zero-order valence-electron chi connectivity index (χ0n) is 11.2. The third-order valence-corrected chi connectivity index (χ3v) is 3.70. The molecule has 0 aliphatic carbocycles. The molecule has 3 rings (SSSR count). The van der Waals surface area contributed by atoms with Crippen molar-refractivity contribution < 1.29 is 28.8 Å². The maximum absolute atomic E-state index is 9.99. The number of aliphatic hydroxyl groups excluding tert-OH is 1. The lowest BCUT2D eigenvalue weighted by molar-refractivity contribution is -0.336. The Morgan fingerprint density at radius 2 is 1.55 bits per heavy atom. The van der Waals surface area contributed by atoms with Gasteiger partial charge in [-0.1, -0.05) is 12.2 Å². The van der Waals surface area contributed by atoms with Crippen molar-refractivity contribution in [2.24, 2.45) is 0 Å². The SMILES string of the molecule is C=CCC1OCC2OC(O)C3OC(CC=C)OC3C2O1. The molecule has 6 heteroatoms. The topological polar surface area (TPSA) is 66.4 Å². The average Bonchev–Trinajstić information content (AvgIpc) is 2.85. The highest BCUT2D eigenvalue weighted by Crippen LogP contribution is 2.37. The van der Waals surface area contributed by atoms with E-state index in [4.69, 9.17) is 23.7 Å². The summed E-state index contributed by atoms with van der Waals surface area (Å²) >= 11 is 0. The van der Waals surface area contributed by atoms with Crippen LogP contribution < -0.4 is 0 Å². The van der Waals surface area contributed by atoms with Gasteiger partial charge in [0.1, 0.15) is 24.4 Å². The summed E-state index contributed by atoms with van der Waals surface area (Å²) in [7, 11) is 0. The fraction of sp³-hybridized carbons (Fsp3) is 0.714. The standard InChI is InChI=1S/C14H20O6/c1-3-5-9-16-7-8-11(18-9)12-13(14(15)17-8)20-10(19-12)6-4-2/h3-4,8-15H,1-2,5-7H2. The molecule has 0 aromatic rings. The third kappa shape index (κ3) is 2.55. The first kappa shape index (κ1) is 14.2. The molecule has 3 fully saturated rings. The van der Waals surface area contributed by atoms with Crippen LogP contribution in [0, 0.1) is 0 Å². The summed E-state index contributed by atoms with van der Waals surface area (Å²) in [4.78, 5) is 0. The molecular weight excluding hydrogens is 264 g/mol. The van der Waals surface area contributed by atoms with Crippen molar-refractivity contribution in [3.8, 4) is 0 Å². The number of hydrogen-bond donors (Lipinski definition) is 1. The monoisotopic (exact) mass is 284 g/mol. The van der Waals surface area contributed by atoms with E-state index in [0.29, 0.717) is 19.4 Å². The lowest BCUT2D eigenvalue weighted by Gasteiger charge is -2.44. The Labute approximate surface area is 117 Å². The van der Waals surface area contributed by atoms with Crippen molar-refractivity contribution >= 4 is 0 Å². The van der Waals surface area contributed by atoms with Crippen molar-refractivity contribution in [3.05, 3.63) is 25.3 Å². The molecule has 112 valence electrons. The van der Waals surface area contributed by atoms with E-state index in [0.717, 1.165) is 0 Å². The zero-order chi connectivity index (χ0) is 14.1. The fourth-order valence-corrected chi connectivity index (χ4v) is 2.80. The molecule has 3 aliphatic heterocycles. The summed E-state index contributed by atoms with van der Waals surface area (Å²) in [6.07, 6.45) is 1.28. The normalized spacial score (nSPS) is 47.4. The Morgan fingerprint density at radius 3 is 2.30 bits per heavy atom. The number of fused-ring (bicyclic) bond motifs is 3. The summed E-state index contributed by atoms with van der Waals surface area (Å²) in [5.74, 6) is 0. The van der Waals surface area contributed by atoms with Crippen molar-refractivity contribution in [1.82, 2.24) is 0 Å². The largest absolute Gasteiger partial charge is 0.366 e. The minimum atomic E-state index is -1.03. The van der Waals surface area contributed by atoms with Gasteiger partial charge < -0.3 is 28.8 Å². The molecule has 0 spiro atoms. The maximum Gasteiger partial charge on any atom is 0.184 e. The van der Waals surface area contributed by atoms with Crippen LogP contribution in [0.1, 0.15) is 12.8 Å². The van der Waals surface area contributed by atoms with Gasteiger partial charge in [-0.15, -0.1) is 13.2 Å². The molecule has 3 heterocycles. The second-order valence-corrected chi connectivity index (χ2v) is 5.11. The molecule has 0 aromatic carbocycles. The van der Waals surface area contributed by atoms with E-state index in [1.54, 1.807) is 12.2 Å². The van der Waals surface area contributed by atoms with Gasteiger partial charge in [0.25, 0.3) is 0 Å². The smallest absolute Gasteiger partial charge is 0.184 e. The molecule has 7 unspecified atom stereocenters. The van der Waals surface area contributed by atoms with Crippen molar-refractivity contribution in [2.75, 3.05) is 6.61 Å². The minimum Gasteiger partial charge on any atom is -0.366 e. The van der Waals surface area contributed by atoms with Gasteiger partial charge in [-0.2, -0.15) is 0 Å². The van der Waals surface area contributed by atoms with Crippen LogP contribution in [0.5, 0.6) is 0 Å². The Hall–Kier alpha value is -0.760. The number of rotatable bonds is 4. The van der Waals surface area contributed by atoms with Gasteiger partial charge >= 0.3 is 0 Å². The van der Waals surface area contributed by atoms with Gasteiger partial charge in [0, 0.05) is 12.8 Å². The van der Waals surface area contributed by atoms with Crippen molar-refractivity contribution in [3.63, 3.8) is 0 Å². The molecular formula is C14H20O6. The molecule has 0 aromatic heterocycles. The van der Waals surface area contributed by atoms with Crippen LogP contribution in [-0.2, 0) is 23.7 Å². The van der Waals surface area contributed by atoms with Gasteiger partial charge in [0.2, 0.25) is 0 Å². The second kappa shape index (κ2) is 5.93. The van der Waals surface area contributed by atoms with E-state index < -0.39 is 18.7 Å². The van der Waals surface area contributed by atoms with Crippen LogP contribution in [0.15, 0.2) is 25.3 Å². The van der Waals surface area contributed by atoms with Crippen LogP contribution in [0.4, 0.5) is 0 Å². The highest BCUT2D eigenvalue weighted by Gasteiger charge is 2.54. The van der Waals surface area contributed by atoms with Crippen LogP contribution in [0.2, 0.25) is 0 Å². The lowest BCUT2D eigenvalue weighted by Crippen LogP contribution is -2.61. The summed E-state index contributed by atoms with van der Waals surface area (Å²) in [6.45, 7) is 7.70. The zero-order valence-corrected chi connectivity index (χ0v) is 11.2. The molecule has 0 radical (unpaired) electrons. The molecule has 0 amide bonds. The molecule has 3 saturated heterocycles. The highest BCUT2D eigenvalue weighted by molar-refractivity contribution is 4.97. The fourth-order valence-electron chi connectivity index (χ4n) is 2.80. The van der Waals surface area contributed by atoms with E-state index in [2.05, 4.69) is 13.2 Å². The van der Waals surface area contributed by atoms with Gasteiger partial charge in [-0.3, -0.25) is 0 Å². The molecule has 7 atom stereocenters. The number of ether oxygens (including phenoxy) is 5. The molecule has 1 N–H and O–H groups in total. The van der Waals surface area contributed by atoms with Crippen LogP contribution >= 0.6 is 0 Å². The lowest BCUT2D eigenvalue weighted by atomic mass is 9.98. The summed E-state index contributed by atoms with van der Waals surface area (Å²) in [5.41, 5.74) is 0. The third-order valence-electron chi connectivity index (χ3n) is 3.70. The highest BCUT2D eigenvalue weighted by atomic mass is 16.8. The molecule has 0 bridgehead atoms. The van der Waals surface area contributed by atoms with E-state index in [9.17, 15) is 5.11 Å². The van der Waals surface area contributed by atoms with Gasteiger partial charge in [-0.05, 0) is 0 Å². The Morgan fingerprint density at radius 1 is 0.900 bits per heavy atom. The van der Waals surface area contributed by atoms with Gasteiger partial charge in [0.05, 0.1) is 6.61 Å². The van der Waals surface area contributed by atoms with Crippen molar-refractivity contribution in [1.29, 1.82) is 0 Å². The quantitative estimate of drug-likeness (QED) is 0.767. The summed E-state index contributed by atoms with van der Waals surface area (Å²) < 4.78 is 28.4. The van der Waals surface area contributed by atoms with Crippen LogP contribution in [-0.4, -0.2) is 55.0 Å². The predicted octanol–water partition coefficient (Wildman–Crippen LogP) is 0.707. The Balaban J connectivity index is 1.72. The van der Waals surface area contributed by atoms with Crippen LogP contribution in [0.25, 0.3) is 0 Å². The van der Waals surface area contributed by atoms with E-state index in [-0.39, 0.29) is 24.6 Å². The van der Waals surface area contributed by atoms with Crippen molar-refractivity contribution in [2.45, 2.75) is 56.1 Å². The first-order valence-corrected chi connectivity index (χ1v) is 6.86. The first-order valence-electron chi connectivity index (χ1n) is 6.86. The second-order valence-electron chi connectivity index (χ2n) is 5.11. The molecule has 0 saturated carbocycles. The first-order chi connectivity index (χ1) is 9.72. The van der Waals surface area contributed by atoms with Crippen LogP contribution in [0.3, 0.4) is 0 Å². The van der Waals surface area contributed by atoms with E-state index in [1.165, 1.54) is 0 Å². The Kier molecular flexibility index (Phi) is 4.21. The average molecular weight is 284 g/mol. The van der Waals surface area contributed by atoms with E-state index in [1.807, 2.05) is 0 Å². The Bertz CT molecular complexity index is 373. The maximum atomic E-state index is 9.99. The molecule has 3 aliphatic rings. The summed E-state index contributed by atoms with van der Waals surface area (Å²) in [5, 5.41) is 9.99. The summed E-state index contributed by atoms with van der Waals surface area (Å²) in [6, 6.07) is 0.